The smallest absolute Gasteiger partial charge is 0.181 e. The lowest BCUT2D eigenvalue weighted by Crippen LogP contribution is -1.91. The lowest BCUT2D eigenvalue weighted by atomic mass is 10.2. The molecule has 0 aliphatic carbocycles. The molecule has 6 heteroatoms. The summed E-state index contributed by atoms with van der Waals surface area (Å²) in [5, 5.41) is 0. The summed E-state index contributed by atoms with van der Waals surface area (Å²) < 4.78 is 1.11. The van der Waals surface area contributed by atoms with Crippen molar-refractivity contribution in [2.75, 3.05) is 5.73 Å². The van der Waals surface area contributed by atoms with Gasteiger partial charge in [0.05, 0.1) is 6.20 Å². The number of rotatable bonds is 1. The fraction of sp³-hybridized carbons (Fsp3) is 0. The molecule has 0 atom stereocenters. The molecular formula is C11H8IN5. The van der Waals surface area contributed by atoms with Crippen LogP contribution in [-0.4, -0.2) is 19.9 Å². The zero-order valence-corrected chi connectivity index (χ0v) is 10.8. The topological polar surface area (TPSA) is 80.5 Å². The number of nitrogen functional groups attached to an aromatic ring is 1. The van der Waals surface area contributed by atoms with Gasteiger partial charge in [-0.3, -0.25) is 0 Å². The molecule has 0 saturated carbocycles. The van der Waals surface area contributed by atoms with Crippen LogP contribution in [0.3, 0.4) is 0 Å². The molecule has 0 unspecified atom stereocenters. The van der Waals surface area contributed by atoms with Crippen molar-refractivity contribution in [3.8, 4) is 11.4 Å². The number of hydrogen-bond donors (Lipinski definition) is 2. The van der Waals surface area contributed by atoms with Crippen molar-refractivity contribution in [1.82, 2.24) is 19.9 Å². The van der Waals surface area contributed by atoms with Gasteiger partial charge < -0.3 is 10.7 Å². The monoisotopic (exact) mass is 337 g/mol. The quantitative estimate of drug-likeness (QED) is 0.527. The first-order chi connectivity index (χ1) is 8.24. The van der Waals surface area contributed by atoms with Crippen molar-refractivity contribution >= 4 is 39.4 Å². The Morgan fingerprint density at radius 2 is 2.18 bits per heavy atom. The number of aromatic amines is 1. The van der Waals surface area contributed by atoms with Crippen molar-refractivity contribution in [3.05, 3.63) is 34.3 Å². The molecule has 0 bridgehead atoms. The van der Waals surface area contributed by atoms with Crippen molar-refractivity contribution in [1.29, 1.82) is 0 Å². The highest BCUT2D eigenvalue weighted by Gasteiger charge is 2.09. The highest BCUT2D eigenvalue weighted by atomic mass is 127. The number of fused-ring (bicyclic) bond motifs is 1. The minimum Gasteiger partial charge on any atom is -0.398 e. The van der Waals surface area contributed by atoms with Gasteiger partial charge >= 0.3 is 0 Å². The zero-order chi connectivity index (χ0) is 11.8. The Morgan fingerprint density at radius 1 is 1.29 bits per heavy atom. The summed E-state index contributed by atoms with van der Waals surface area (Å²) >= 11 is 2.24. The Morgan fingerprint density at radius 3 is 3.00 bits per heavy atom. The van der Waals surface area contributed by atoms with E-state index in [1.807, 2.05) is 18.2 Å². The van der Waals surface area contributed by atoms with E-state index in [0.29, 0.717) is 11.3 Å². The van der Waals surface area contributed by atoms with Crippen LogP contribution in [0, 0.1) is 3.57 Å². The van der Waals surface area contributed by atoms with E-state index in [4.69, 9.17) is 5.73 Å². The lowest BCUT2D eigenvalue weighted by molar-refractivity contribution is 1.20. The van der Waals surface area contributed by atoms with Crippen LogP contribution in [-0.2, 0) is 0 Å². The average Bonchev–Trinajstić information content (AvgIpc) is 2.75. The second-order valence-corrected chi connectivity index (χ2v) is 4.82. The molecule has 0 spiro atoms. The predicted octanol–water partition coefficient (Wildman–Crippen LogP) is 2.21. The number of nitrogens with one attached hydrogen (secondary N) is 1. The Kier molecular flexibility index (Phi) is 2.43. The number of aromatic nitrogens is 4. The van der Waals surface area contributed by atoms with Gasteiger partial charge in [0.25, 0.3) is 0 Å². The first kappa shape index (κ1) is 10.5. The molecule has 0 radical (unpaired) electrons. The first-order valence-electron chi connectivity index (χ1n) is 4.95. The van der Waals surface area contributed by atoms with Crippen LogP contribution in [0.1, 0.15) is 0 Å². The third kappa shape index (κ3) is 1.84. The van der Waals surface area contributed by atoms with E-state index in [9.17, 15) is 0 Å². The van der Waals surface area contributed by atoms with Crippen molar-refractivity contribution in [3.63, 3.8) is 0 Å². The Balaban J connectivity index is 2.23. The summed E-state index contributed by atoms with van der Waals surface area (Å²) in [6.45, 7) is 0. The molecule has 1 aromatic carbocycles. The van der Waals surface area contributed by atoms with Crippen LogP contribution >= 0.6 is 22.6 Å². The number of benzene rings is 1. The molecule has 0 aliphatic heterocycles. The Labute approximate surface area is 111 Å². The average molecular weight is 337 g/mol. The van der Waals surface area contributed by atoms with Gasteiger partial charge in [0.15, 0.2) is 5.65 Å². The highest BCUT2D eigenvalue weighted by Crippen LogP contribution is 2.26. The normalized spacial score (nSPS) is 10.9. The van der Waals surface area contributed by atoms with Crippen molar-refractivity contribution in [2.24, 2.45) is 0 Å². The maximum absolute atomic E-state index is 5.94. The van der Waals surface area contributed by atoms with Crippen LogP contribution in [0.15, 0.2) is 30.7 Å². The molecule has 0 amide bonds. The Bertz CT molecular complexity index is 658. The van der Waals surface area contributed by atoms with E-state index >= 15 is 0 Å². The number of hydrogen-bond acceptors (Lipinski definition) is 4. The van der Waals surface area contributed by atoms with Crippen LogP contribution in [0.2, 0.25) is 0 Å². The van der Waals surface area contributed by atoms with Crippen LogP contribution < -0.4 is 5.73 Å². The van der Waals surface area contributed by atoms with Crippen LogP contribution in [0.5, 0.6) is 0 Å². The fourth-order valence-corrected chi connectivity index (χ4v) is 2.11. The van der Waals surface area contributed by atoms with Crippen molar-refractivity contribution in [2.45, 2.75) is 0 Å². The van der Waals surface area contributed by atoms with Gasteiger partial charge in [0.1, 0.15) is 17.7 Å². The molecule has 0 fully saturated rings. The molecule has 0 saturated heterocycles. The second-order valence-electron chi connectivity index (χ2n) is 3.58. The molecule has 0 aliphatic rings. The number of halogens is 1. The predicted molar refractivity (Wildman–Crippen MR) is 74.2 cm³/mol. The number of nitrogens with zero attached hydrogens (tertiary/aromatic N) is 3. The minimum absolute atomic E-state index is 0.647. The van der Waals surface area contributed by atoms with Crippen molar-refractivity contribution < 1.29 is 0 Å². The van der Waals surface area contributed by atoms with Gasteiger partial charge in [0.2, 0.25) is 0 Å². The number of nitrogens with two attached hydrogens (primary N) is 1. The summed E-state index contributed by atoms with van der Waals surface area (Å²) in [7, 11) is 0. The van der Waals surface area contributed by atoms with Gasteiger partial charge in [-0.15, -0.1) is 0 Å². The van der Waals surface area contributed by atoms with Gasteiger partial charge in [-0.25, -0.2) is 15.0 Å². The second kappa shape index (κ2) is 3.95. The molecular weight excluding hydrogens is 329 g/mol. The summed E-state index contributed by atoms with van der Waals surface area (Å²) in [6, 6.07) is 5.82. The maximum atomic E-state index is 5.94. The largest absolute Gasteiger partial charge is 0.398 e. The molecule has 17 heavy (non-hydrogen) atoms. The third-order valence-electron chi connectivity index (χ3n) is 2.43. The van der Waals surface area contributed by atoms with Crippen LogP contribution in [0.25, 0.3) is 22.6 Å². The molecule has 84 valence electrons. The summed E-state index contributed by atoms with van der Waals surface area (Å²) in [4.78, 5) is 15.6. The molecule has 3 aromatic rings. The standard InChI is InChI=1S/C11H8IN5/c12-6-1-2-8(13)7(3-6)10-16-9-4-14-5-15-11(9)17-10/h1-5H,13H2,(H,14,15,16,17). The molecule has 2 heterocycles. The minimum atomic E-state index is 0.647. The number of imidazole rings is 1. The summed E-state index contributed by atoms with van der Waals surface area (Å²) in [5.74, 6) is 0.719. The van der Waals surface area contributed by atoms with Gasteiger partial charge in [0, 0.05) is 14.8 Å². The van der Waals surface area contributed by atoms with E-state index in [2.05, 4.69) is 42.5 Å². The van der Waals surface area contributed by atoms with E-state index in [1.54, 1.807) is 6.20 Å². The molecule has 5 nitrogen and oxygen atoms in total. The van der Waals surface area contributed by atoms with E-state index in [-0.39, 0.29) is 0 Å². The maximum Gasteiger partial charge on any atom is 0.181 e. The summed E-state index contributed by atoms with van der Waals surface area (Å²) in [5.41, 5.74) is 8.97. The fourth-order valence-electron chi connectivity index (χ4n) is 1.62. The highest BCUT2D eigenvalue weighted by molar-refractivity contribution is 14.1. The zero-order valence-electron chi connectivity index (χ0n) is 8.68. The SMILES string of the molecule is Nc1ccc(I)cc1-c1nc2ncncc2[nH]1. The van der Waals surface area contributed by atoms with Gasteiger partial charge in [-0.1, -0.05) is 0 Å². The van der Waals surface area contributed by atoms with E-state index in [0.717, 1.165) is 20.5 Å². The van der Waals surface area contributed by atoms with E-state index < -0.39 is 0 Å². The molecule has 2 aromatic heterocycles. The van der Waals surface area contributed by atoms with E-state index in [1.165, 1.54) is 6.33 Å². The summed E-state index contributed by atoms with van der Waals surface area (Å²) in [6.07, 6.45) is 3.17. The Hall–Kier alpha value is -1.70. The number of anilines is 1. The first-order valence-corrected chi connectivity index (χ1v) is 6.03. The van der Waals surface area contributed by atoms with Crippen LogP contribution in [0.4, 0.5) is 5.69 Å². The van der Waals surface area contributed by atoms with Gasteiger partial charge in [-0.2, -0.15) is 0 Å². The molecule has 3 N–H and O–H groups in total. The van der Waals surface area contributed by atoms with Gasteiger partial charge in [-0.05, 0) is 40.8 Å². The number of H-pyrrole nitrogens is 1. The lowest BCUT2D eigenvalue weighted by Gasteiger charge is -2.02. The molecule has 3 rings (SSSR count). The third-order valence-corrected chi connectivity index (χ3v) is 3.10.